The summed E-state index contributed by atoms with van der Waals surface area (Å²) in [5.74, 6) is -11.7. The summed E-state index contributed by atoms with van der Waals surface area (Å²) < 4.78 is 0. The number of carboxylic acid groups (broad SMARTS) is 12. The van der Waals surface area contributed by atoms with Crippen molar-refractivity contribution in [1.82, 2.24) is 45.5 Å². The number of unbranched alkanes of at least 4 members (excludes halogenated alkanes) is 1. The van der Waals surface area contributed by atoms with Gasteiger partial charge in [-0.3, -0.25) is 72.7 Å². The number of imidazole rings is 1. The van der Waals surface area contributed by atoms with Crippen LogP contribution in [0.15, 0.2) is 109 Å². The molecule has 0 saturated heterocycles. The fraction of sp³-hybridized carbons (Fsp3) is 0.482. The van der Waals surface area contributed by atoms with E-state index in [-0.39, 0.29) is 66.3 Å². The number of rotatable bonds is 42. The summed E-state index contributed by atoms with van der Waals surface area (Å²) in [6.07, 6.45) is 12.8. The molecular weight excluding hydrogens is 1800 g/mol. The monoisotopic (exact) mass is 1930 g/mol. The lowest BCUT2D eigenvalue weighted by atomic mass is 10.0. The van der Waals surface area contributed by atoms with Crippen molar-refractivity contribution in [3.05, 3.63) is 142 Å². The summed E-state index contributed by atoms with van der Waals surface area (Å²) in [7, 11) is 0. The Hall–Kier alpha value is -13.5. The normalized spacial score (nSPS) is 13.1. The fourth-order valence-electron chi connectivity index (χ4n) is 9.32. The van der Waals surface area contributed by atoms with Gasteiger partial charge in [0.1, 0.15) is 66.5 Å². The number of para-hydroxylation sites is 1. The van der Waals surface area contributed by atoms with Crippen LogP contribution in [0.5, 0.6) is 0 Å². The van der Waals surface area contributed by atoms with E-state index in [4.69, 9.17) is 146 Å². The zero-order valence-electron chi connectivity index (χ0n) is 76.2. The Morgan fingerprint density at radius 1 is 0.533 bits per heavy atom. The van der Waals surface area contributed by atoms with Crippen molar-refractivity contribution in [2.45, 2.75) is 211 Å². The van der Waals surface area contributed by atoms with Crippen LogP contribution in [0.4, 0.5) is 11.6 Å². The SMILES string of the molecule is CC(C)C[C@H](N)C(=O)O.CC(C)[C@H](N)C(=O)O.CC[C@H](C)[C@H](N)C(=O)O.CSCC[C@H](N)C(=O)O.C[C@@H](O)[C@H](N)C(=O)O.N=C(N)NCCC[C@H](N)C(=O)O.NCCCC[C@H](N)C(=O)O.N[C@@H](Cc1c[nH]c2ccccc12)C(=O)O.N[C@@H](Cc1c[nH]cn1)C(=O)O.N[C@@H](Cc1ccccc1)C(=O)O.Nc1nc2ncc(CNc3ccc(C(=O)N[C@@H](CCC(=O)O)C(=O)O)cc3)nc2c(=O)[nH]1. The molecule has 0 radical (unpaired) electrons. The van der Waals surface area contributed by atoms with E-state index in [0.29, 0.717) is 81.0 Å². The van der Waals surface area contributed by atoms with Crippen LogP contribution in [0.1, 0.15) is 146 Å². The third-order valence-corrected chi connectivity index (χ3v) is 18.3. The number of fused-ring (bicyclic) bond motifs is 2. The number of carbonyl (C=O) groups is 13. The van der Waals surface area contributed by atoms with E-state index in [1.807, 2.05) is 94.7 Å². The number of hydrogen-bond donors (Lipinski definition) is 33. The number of hydrogen-bond acceptors (Lipinski definition) is 34. The Kier molecular flexibility index (Phi) is 68.2. The number of guanidine groups is 1. The highest BCUT2D eigenvalue weighted by Crippen LogP contribution is 2.19. The number of nitrogens with zero attached hydrogens (tertiary/aromatic N) is 4. The van der Waals surface area contributed by atoms with Crippen LogP contribution in [0.2, 0.25) is 0 Å². The van der Waals surface area contributed by atoms with E-state index >= 15 is 0 Å². The van der Waals surface area contributed by atoms with Gasteiger partial charge in [0.05, 0.1) is 36.6 Å². The Morgan fingerprint density at radius 3 is 1.44 bits per heavy atom. The molecule has 51 nitrogen and oxygen atoms in total. The van der Waals surface area contributed by atoms with Crippen LogP contribution in [-0.4, -0.2) is 282 Å². The maximum absolute atomic E-state index is 12.3. The molecule has 0 spiro atoms. The number of thioether (sulfide) groups is 1. The molecule has 0 bridgehead atoms. The maximum Gasteiger partial charge on any atom is 0.326 e. The Labute approximate surface area is 781 Å². The van der Waals surface area contributed by atoms with E-state index in [1.54, 1.807) is 43.9 Å². The van der Waals surface area contributed by atoms with Crippen molar-refractivity contribution in [3.8, 4) is 0 Å². The minimum Gasteiger partial charge on any atom is -0.481 e. The third kappa shape index (κ3) is 62.5. The second-order valence-electron chi connectivity index (χ2n) is 30.0. The largest absolute Gasteiger partial charge is 0.481 e. The van der Waals surface area contributed by atoms with Gasteiger partial charge >= 0.3 is 71.6 Å². The molecule has 7 rings (SSSR count). The van der Waals surface area contributed by atoms with Crippen LogP contribution in [0.25, 0.3) is 22.1 Å². The standard InChI is InChI=1S/C19H19N7O6.C11H12N2O2.C9H11NO2.C6H14N4O2.C6H9N3O2.C6H14N2O2.2C6H13NO2.C5H11NO2S.C5H11NO2.C4H9NO3/c20-19-25-15-14(17(30)26-19)23-11(8-22-15)7-21-10-3-1-9(2-4-10)16(29)24-12(18(31)32)5-6-13(27)28;12-9(11(14)15)5-7-6-13-10-4-2-1-3-8(7)10;10-8(9(11)12)6-7-4-2-1-3-5-7;7-4(5(11)12)2-1-3-10-6(8)9;7-5(6(10)11)1-4-2-8-3-9-4;7-4-2-1-3-5(8)6(9)10;1-4(2)3-5(7)6(8)9;1-3-4(2)5(7)6(8)9;1-9-3-2-4(6)5(7)8;1-3(2)4(6)5(7)8;1-2(6)3(5)4(7)8/h1-4,8,12,21H,5-7H2,(H,24,29)(H,27,28)(H,31,32)(H3,20,22,25,26,30);1-4,6,9,13H,5,12H2,(H,14,15);1-5,8H,6,10H2,(H,11,12);4H,1-3,7H2,(H,11,12)(H4,8,9,10);2-3,5H,1,7H2,(H,8,9)(H,10,11);5H,1-4,7-8H2,(H,9,10);2*4-5H,3,7H2,1-2H3,(H,8,9);4H,2-3,6H2,1H3,(H,7,8);3-4H,6H2,1-2H3,(H,7,8);2-3,6H,5H2,1H3,(H,7,8)/t12-;9-;8-;4-;3*5-;4-,5-;2*4-;2-,3+/m00000000001/s1. The molecule has 0 saturated carbocycles. The highest BCUT2D eigenvalue weighted by atomic mass is 32.2. The van der Waals surface area contributed by atoms with Gasteiger partial charge in [-0.25, -0.2) is 19.7 Å². The molecule has 0 aliphatic heterocycles. The summed E-state index contributed by atoms with van der Waals surface area (Å²) >= 11 is 1.60. The highest BCUT2D eigenvalue weighted by molar-refractivity contribution is 7.98. The predicted molar refractivity (Wildman–Crippen MR) is 503 cm³/mol. The summed E-state index contributed by atoms with van der Waals surface area (Å²) in [6.45, 7) is 13.9. The first kappa shape index (κ1) is 128. The first-order valence-electron chi connectivity index (χ1n) is 41.4. The van der Waals surface area contributed by atoms with Gasteiger partial charge in [0.25, 0.3) is 11.5 Å². The van der Waals surface area contributed by atoms with E-state index in [2.05, 4.69) is 50.8 Å². The lowest BCUT2D eigenvalue weighted by molar-refractivity contribution is -0.142. The van der Waals surface area contributed by atoms with E-state index in [1.165, 1.54) is 31.6 Å². The molecule has 0 fully saturated rings. The average molecular weight is 1930 g/mol. The molecule has 52 heteroatoms. The number of nitrogens with one attached hydrogen (secondary N) is 7. The van der Waals surface area contributed by atoms with Crippen LogP contribution in [-0.2, 0) is 83.3 Å². The molecule has 3 aromatic carbocycles. The first-order valence-corrected chi connectivity index (χ1v) is 42.8. The third-order valence-electron chi connectivity index (χ3n) is 17.7. The molecule has 756 valence electrons. The van der Waals surface area contributed by atoms with Crippen molar-refractivity contribution in [1.29, 1.82) is 5.41 Å². The van der Waals surface area contributed by atoms with Crippen molar-refractivity contribution >= 4 is 129 Å². The number of nitrogen functional groups attached to an aromatic ring is 1. The number of H-pyrrole nitrogens is 3. The number of aromatic amines is 3. The Bertz CT molecular complexity index is 4710. The molecule has 1 amide bonds. The van der Waals surface area contributed by atoms with E-state index in [9.17, 15) is 67.1 Å². The van der Waals surface area contributed by atoms with Gasteiger partial charge in [-0.05, 0) is 136 Å². The number of amides is 1. The number of aliphatic hydroxyl groups excluding tert-OH is 1. The smallest absolute Gasteiger partial charge is 0.326 e. The molecular formula is C83H136N24O27S. The first-order chi connectivity index (χ1) is 62.9. The predicted octanol–water partition coefficient (Wildman–Crippen LogP) is -0.855. The number of carboxylic acids is 12. The summed E-state index contributed by atoms with van der Waals surface area (Å²) in [4.78, 5) is 172. The lowest BCUT2D eigenvalue weighted by Crippen LogP contribution is -2.41. The zero-order chi connectivity index (χ0) is 104. The topological polar surface area (TPSA) is 999 Å². The van der Waals surface area contributed by atoms with Gasteiger partial charge in [0.2, 0.25) is 5.95 Å². The second-order valence-corrected chi connectivity index (χ2v) is 31.0. The number of carbonyl (C=O) groups excluding carboxylic acids is 1. The number of benzene rings is 3. The molecule has 0 aliphatic rings. The van der Waals surface area contributed by atoms with Gasteiger partial charge in [-0.1, -0.05) is 103 Å². The quantitative estimate of drug-likeness (QED) is 0.0126. The van der Waals surface area contributed by atoms with E-state index in [0.717, 1.165) is 47.0 Å². The molecule has 7 aromatic rings. The van der Waals surface area contributed by atoms with E-state index < -0.39 is 156 Å². The van der Waals surface area contributed by atoms with Crippen LogP contribution in [0.3, 0.4) is 0 Å². The van der Waals surface area contributed by atoms with Gasteiger partial charge in [0, 0.05) is 60.4 Å². The average Bonchev–Trinajstić information content (AvgIpc) is 1.38. The molecule has 46 N–H and O–H groups in total. The minimum absolute atomic E-state index is 0.0208. The molecule has 0 unspecified atom stereocenters. The zero-order valence-corrected chi connectivity index (χ0v) is 77.0. The molecule has 4 aromatic heterocycles. The van der Waals surface area contributed by atoms with Crippen molar-refractivity contribution in [2.24, 2.45) is 86.6 Å². The number of aliphatic carboxylic acids is 12. The Morgan fingerprint density at radius 2 is 1.03 bits per heavy atom. The van der Waals surface area contributed by atoms with Crippen LogP contribution < -0.4 is 96.0 Å². The minimum atomic E-state index is -1.31. The van der Waals surface area contributed by atoms with Crippen molar-refractivity contribution in [2.75, 3.05) is 36.1 Å². The van der Waals surface area contributed by atoms with Crippen LogP contribution in [0, 0.1) is 23.2 Å². The summed E-state index contributed by atoms with van der Waals surface area (Å²) in [5, 5.41) is 126. The number of nitrogens with two attached hydrogens (primary N) is 13. The lowest BCUT2D eigenvalue weighted by Gasteiger charge is -2.14. The molecule has 13 atom stereocenters. The van der Waals surface area contributed by atoms with Crippen molar-refractivity contribution in [3.63, 3.8) is 0 Å². The Balaban J connectivity index is -0.000000728. The molecule has 4 heterocycles. The summed E-state index contributed by atoms with van der Waals surface area (Å²) in [5.41, 5.74) is 72.5. The molecule has 0 aliphatic carbocycles. The fourth-order valence-corrected chi connectivity index (χ4v) is 9.81. The van der Waals surface area contributed by atoms with Gasteiger partial charge in [-0.2, -0.15) is 16.7 Å². The van der Waals surface area contributed by atoms with Gasteiger partial charge in [0.15, 0.2) is 17.1 Å². The molecule has 135 heavy (non-hydrogen) atoms. The van der Waals surface area contributed by atoms with Crippen molar-refractivity contribution < 1.29 is 129 Å². The number of aromatic nitrogens is 7. The second kappa shape index (κ2) is 72.1. The number of anilines is 2. The van der Waals surface area contributed by atoms with Gasteiger partial charge in [-0.15, -0.1) is 0 Å². The van der Waals surface area contributed by atoms with Crippen LogP contribution >= 0.6 is 11.8 Å². The number of aliphatic hydroxyl groups is 1. The summed E-state index contributed by atoms with van der Waals surface area (Å²) in [6, 6.07) is 14.0. The van der Waals surface area contributed by atoms with Gasteiger partial charge < -0.3 is 167 Å². The maximum atomic E-state index is 12.3. The highest BCUT2D eigenvalue weighted by Gasteiger charge is 2.24.